The Balaban J connectivity index is 0.00000200. The molecule has 0 aliphatic carbocycles. The van der Waals surface area contributed by atoms with E-state index >= 15 is 0 Å². The molecule has 2 fully saturated rings. The van der Waals surface area contributed by atoms with E-state index in [0.717, 1.165) is 58.5 Å². The van der Waals surface area contributed by atoms with Crippen LogP contribution in [-0.2, 0) is 14.3 Å². The van der Waals surface area contributed by atoms with Gasteiger partial charge in [-0.05, 0) is 38.6 Å². The highest BCUT2D eigenvalue weighted by Gasteiger charge is 2.19. The number of carbonyl (C=O) groups excluding carboxylic acids is 1. The number of hydrogen-bond donors (Lipinski definition) is 2. The van der Waals surface area contributed by atoms with E-state index in [9.17, 15) is 4.79 Å². The minimum atomic E-state index is 0. The molecule has 0 bridgehead atoms. The summed E-state index contributed by atoms with van der Waals surface area (Å²) in [5.41, 5.74) is 0. The highest BCUT2D eigenvalue weighted by atomic mass is 35.5. The quantitative estimate of drug-likeness (QED) is 0.725. The fourth-order valence-electron chi connectivity index (χ4n) is 2.58. The summed E-state index contributed by atoms with van der Waals surface area (Å²) < 4.78 is 11.0. The molecule has 5 nitrogen and oxygen atoms in total. The largest absolute Gasteiger partial charge is 0.381 e. The number of rotatable bonds is 6. The molecule has 0 saturated carbocycles. The second kappa shape index (κ2) is 10.4. The summed E-state index contributed by atoms with van der Waals surface area (Å²) in [6, 6.07) is 0.0187. The van der Waals surface area contributed by atoms with E-state index < -0.39 is 0 Å². The van der Waals surface area contributed by atoms with Crippen LogP contribution in [-0.4, -0.2) is 51.0 Å². The lowest BCUT2D eigenvalue weighted by Crippen LogP contribution is -2.46. The van der Waals surface area contributed by atoms with Crippen molar-refractivity contribution in [2.24, 2.45) is 0 Å². The summed E-state index contributed by atoms with van der Waals surface area (Å²) in [5, 5.41) is 6.24. The standard InChI is InChI=1S/C14H26N2O3.ClH/c17-14(13-4-1-2-7-15-13)16-8-3-9-19-12-5-10-18-11-6-12;/h12-13,15H,1-11H2,(H,16,17);1H. The zero-order valence-corrected chi connectivity index (χ0v) is 12.9. The Bertz CT molecular complexity index is 267. The lowest BCUT2D eigenvalue weighted by Gasteiger charge is -2.23. The molecular weight excluding hydrogens is 280 g/mol. The monoisotopic (exact) mass is 306 g/mol. The molecule has 1 unspecified atom stereocenters. The third-order valence-corrected chi connectivity index (χ3v) is 3.77. The summed E-state index contributed by atoms with van der Waals surface area (Å²) in [6.07, 6.45) is 6.53. The number of piperidine rings is 1. The second-order valence-electron chi connectivity index (χ2n) is 5.33. The molecule has 2 saturated heterocycles. The van der Waals surface area contributed by atoms with E-state index in [1.165, 1.54) is 6.42 Å². The van der Waals surface area contributed by atoms with Crippen molar-refractivity contribution in [3.63, 3.8) is 0 Å². The van der Waals surface area contributed by atoms with Crippen LogP contribution in [0.5, 0.6) is 0 Å². The van der Waals surface area contributed by atoms with Crippen molar-refractivity contribution in [3.8, 4) is 0 Å². The Hall–Kier alpha value is -0.360. The fourth-order valence-corrected chi connectivity index (χ4v) is 2.58. The molecule has 0 spiro atoms. The first-order valence-corrected chi connectivity index (χ1v) is 7.57. The molecule has 2 aliphatic heterocycles. The molecule has 2 aliphatic rings. The number of hydrogen-bond acceptors (Lipinski definition) is 4. The van der Waals surface area contributed by atoms with Gasteiger partial charge < -0.3 is 20.1 Å². The zero-order chi connectivity index (χ0) is 13.3. The first kappa shape index (κ1) is 17.7. The van der Waals surface area contributed by atoms with Crippen LogP contribution in [0.1, 0.15) is 38.5 Å². The van der Waals surface area contributed by atoms with E-state index in [-0.39, 0.29) is 24.4 Å². The van der Waals surface area contributed by atoms with E-state index in [1.54, 1.807) is 0 Å². The van der Waals surface area contributed by atoms with E-state index in [1.807, 2.05) is 0 Å². The van der Waals surface area contributed by atoms with Crippen LogP contribution in [0.3, 0.4) is 0 Å². The van der Waals surface area contributed by atoms with Crippen molar-refractivity contribution < 1.29 is 14.3 Å². The minimum absolute atomic E-state index is 0. The molecule has 0 aromatic heterocycles. The Labute approximate surface area is 127 Å². The van der Waals surface area contributed by atoms with Gasteiger partial charge in [0, 0.05) is 26.4 Å². The SMILES string of the molecule is Cl.O=C(NCCCOC1CCOCC1)C1CCCCN1. The van der Waals surface area contributed by atoms with Crippen LogP contribution in [0.4, 0.5) is 0 Å². The van der Waals surface area contributed by atoms with Crippen molar-refractivity contribution in [3.05, 3.63) is 0 Å². The van der Waals surface area contributed by atoms with E-state index in [2.05, 4.69) is 10.6 Å². The smallest absolute Gasteiger partial charge is 0.237 e. The molecule has 0 radical (unpaired) electrons. The van der Waals surface area contributed by atoms with Gasteiger partial charge in [-0.3, -0.25) is 4.79 Å². The summed E-state index contributed by atoms with van der Waals surface area (Å²) in [7, 11) is 0. The zero-order valence-electron chi connectivity index (χ0n) is 12.1. The molecule has 2 heterocycles. The van der Waals surface area contributed by atoms with Gasteiger partial charge in [-0.2, -0.15) is 0 Å². The molecule has 2 rings (SSSR count). The predicted octanol–water partition coefficient (Wildman–Crippen LogP) is 1.25. The normalized spacial score (nSPS) is 23.9. The van der Waals surface area contributed by atoms with Crippen LogP contribution in [0.2, 0.25) is 0 Å². The van der Waals surface area contributed by atoms with Gasteiger partial charge in [-0.15, -0.1) is 12.4 Å². The van der Waals surface area contributed by atoms with Crippen molar-refractivity contribution in [1.29, 1.82) is 0 Å². The number of halogens is 1. The lowest BCUT2D eigenvalue weighted by atomic mass is 10.0. The topological polar surface area (TPSA) is 59.6 Å². The third-order valence-electron chi connectivity index (χ3n) is 3.77. The van der Waals surface area contributed by atoms with Crippen molar-refractivity contribution in [1.82, 2.24) is 10.6 Å². The van der Waals surface area contributed by atoms with Crippen molar-refractivity contribution in [2.45, 2.75) is 50.7 Å². The van der Waals surface area contributed by atoms with Gasteiger partial charge in [0.1, 0.15) is 0 Å². The average molecular weight is 307 g/mol. The molecule has 118 valence electrons. The molecule has 0 aromatic rings. The average Bonchev–Trinajstić information content (AvgIpc) is 2.49. The Morgan fingerprint density at radius 1 is 1.25 bits per heavy atom. The number of ether oxygens (including phenoxy) is 2. The van der Waals surface area contributed by atoms with E-state index in [0.29, 0.717) is 12.6 Å². The Morgan fingerprint density at radius 3 is 2.75 bits per heavy atom. The third kappa shape index (κ3) is 6.39. The van der Waals surface area contributed by atoms with Gasteiger partial charge in [0.05, 0.1) is 12.1 Å². The van der Waals surface area contributed by atoms with Crippen molar-refractivity contribution in [2.75, 3.05) is 32.9 Å². The summed E-state index contributed by atoms with van der Waals surface area (Å²) in [5.74, 6) is 0.144. The first-order valence-electron chi connectivity index (χ1n) is 7.57. The van der Waals surface area contributed by atoms with Gasteiger partial charge >= 0.3 is 0 Å². The van der Waals surface area contributed by atoms with Crippen LogP contribution in [0, 0.1) is 0 Å². The molecule has 20 heavy (non-hydrogen) atoms. The van der Waals surface area contributed by atoms with Crippen LogP contribution in [0.15, 0.2) is 0 Å². The van der Waals surface area contributed by atoms with Crippen LogP contribution < -0.4 is 10.6 Å². The first-order chi connectivity index (χ1) is 9.36. The van der Waals surface area contributed by atoms with Crippen LogP contribution in [0.25, 0.3) is 0 Å². The number of nitrogens with one attached hydrogen (secondary N) is 2. The lowest BCUT2D eigenvalue weighted by molar-refractivity contribution is -0.123. The highest BCUT2D eigenvalue weighted by molar-refractivity contribution is 5.85. The fraction of sp³-hybridized carbons (Fsp3) is 0.929. The van der Waals surface area contributed by atoms with Gasteiger partial charge in [-0.25, -0.2) is 0 Å². The molecule has 0 aromatic carbocycles. The molecule has 1 amide bonds. The number of carbonyl (C=O) groups is 1. The van der Waals surface area contributed by atoms with E-state index in [4.69, 9.17) is 9.47 Å². The molecular formula is C14H27ClN2O3. The maximum Gasteiger partial charge on any atom is 0.237 e. The summed E-state index contributed by atoms with van der Waals surface area (Å²) in [4.78, 5) is 11.8. The van der Waals surface area contributed by atoms with Gasteiger partial charge in [0.2, 0.25) is 5.91 Å². The maximum absolute atomic E-state index is 11.8. The van der Waals surface area contributed by atoms with Crippen LogP contribution >= 0.6 is 12.4 Å². The van der Waals surface area contributed by atoms with Gasteiger partial charge in [-0.1, -0.05) is 6.42 Å². The maximum atomic E-state index is 11.8. The van der Waals surface area contributed by atoms with Gasteiger partial charge in [0.25, 0.3) is 0 Å². The predicted molar refractivity (Wildman–Crippen MR) is 80.3 cm³/mol. The second-order valence-corrected chi connectivity index (χ2v) is 5.33. The Kier molecular flexibility index (Phi) is 9.18. The van der Waals surface area contributed by atoms with Gasteiger partial charge in [0.15, 0.2) is 0 Å². The summed E-state index contributed by atoms with van der Waals surface area (Å²) >= 11 is 0. The minimum Gasteiger partial charge on any atom is -0.381 e. The van der Waals surface area contributed by atoms with Crippen molar-refractivity contribution >= 4 is 18.3 Å². The highest BCUT2D eigenvalue weighted by Crippen LogP contribution is 2.10. The molecule has 2 N–H and O–H groups in total. The number of amides is 1. The Morgan fingerprint density at radius 2 is 2.05 bits per heavy atom. The molecule has 1 atom stereocenters. The molecule has 6 heteroatoms. The summed E-state index contributed by atoms with van der Waals surface area (Å²) in [6.45, 7) is 4.03.